The van der Waals surface area contributed by atoms with Gasteiger partial charge in [0.2, 0.25) is 5.91 Å². The lowest BCUT2D eigenvalue weighted by Gasteiger charge is -2.16. The predicted molar refractivity (Wildman–Crippen MR) is 108 cm³/mol. The first-order chi connectivity index (χ1) is 13.6. The zero-order valence-corrected chi connectivity index (χ0v) is 16.5. The maximum atomic E-state index is 12.3. The number of hydrogen-bond acceptors (Lipinski definition) is 6. The molecule has 3 aromatic rings. The molecule has 7 nitrogen and oxygen atoms in total. The minimum atomic E-state index is -0.382. The van der Waals surface area contributed by atoms with Crippen LogP contribution >= 0.6 is 11.8 Å². The molecule has 2 aromatic heterocycles. The Hall–Kier alpha value is -2.87. The van der Waals surface area contributed by atoms with E-state index < -0.39 is 0 Å². The number of thioether (sulfide) groups is 1. The summed E-state index contributed by atoms with van der Waals surface area (Å²) in [5.74, 6) is 0.397. The van der Waals surface area contributed by atoms with Crippen molar-refractivity contribution in [2.45, 2.75) is 25.6 Å². The van der Waals surface area contributed by atoms with Gasteiger partial charge in [-0.05, 0) is 37.6 Å². The number of ether oxygens (including phenoxy) is 1. The lowest BCUT2D eigenvalue weighted by molar-refractivity contribution is -0.144. The van der Waals surface area contributed by atoms with Crippen molar-refractivity contribution >= 4 is 40.4 Å². The summed E-state index contributed by atoms with van der Waals surface area (Å²) in [7, 11) is 0. The molecule has 1 atom stereocenters. The van der Waals surface area contributed by atoms with Crippen molar-refractivity contribution < 1.29 is 14.3 Å². The first kappa shape index (κ1) is 18.5. The molecule has 3 heterocycles. The Kier molecular flexibility index (Phi) is 5.04. The quantitative estimate of drug-likeness (QED) is 0.682. The van der Waals surface area contributed by atoms with Gasteiger partial charge in [-0.25, -0.2) is 4.68 Å². The van der Waals surface area contributed by atoms with Crippen molar-refractivity contribution in [3.05, 3.63) is 53.3 Å². The number of esters is 1. The van der Waals surface area contributed by atoms with E-state index in [1.807, 2.05) is 31.2 Å². The lowest BCUT2D eigenvalue weighted by atomic mass is 10.0. The highest BCUT2D eigenvalue weighted by Crippen LogP contribution is 2.43. The summed E-state index contributed by atoms with van der Waals surface area (Å²) in [6.07, 6.45) is 1.77. The topological polar surface area (TPSA) is 86.1 Å². The van der Waals surface area contributed by atoms with Crippen LogP contribution in [0.3, 0.4) is 0 Å². The number of pyridine rings is 1. The Bertz CT molecular complexity index is 1060. The molecule has 1 aliphatic heterocycles. The standard InChI is InChI=1S/C20H20N4O3S/c1-3-27-17(26)10-24-20-18(12(2)23-24)19(28-11-16(25)22-20)14-6-7-15-13(9-14)5-4-8-21-15/h4-9,19H,3,10-11H2,1-2H3,(H,22,25). The van der Waals surface area contributed by atoms with Gasteiger partial charge in [-0.3, -0.25) is 14.6 Å². The maximum Gasteiger partial charge on any atom is 0.327 e. The van der Waals surface area contributed by atoms with E-state index in [0.29, 0.717) is 18.2 Å². The van der Waals surface area contributed by atoms with Crippen LogP contribution in [0, 0.1) is 6.92 Å². The number of fused-ring (bicyclic) bond motifs is 2. The molecule has 0 bridgehead atoms. The van der Waals surface area contributed by atoms with Crippen LogP contribution in [0.1, 0.15) is 29.0 Å². The van der Waals surface area contributed by atoms with E-state index >= 15 is 0 Å². The van der Waals surface area contributed by atoms with Crippen molar-refractivity contribution in [1.29, 1.82) is 0 Å². The summed E-state index contributed by atoms with van der Waals surface area (Å²) in [6, 6.07) is 10.1. The highest BCUT2D eigenvalue weighted by atomic mass is 32.2. The number of hydrogen-bond donors (Lipinski definition) is 1. The molecule has 0 spiro atoms. The fourth-order valence-electron chi connectivity index (χ4n) is 3.41. The van der Waals surface area contributed by atoms with Gasteiger partial charge in [0.15, 0.2) is 0 Å². The van der Waals surface area contributed by atoms with Crippen molar-refractivity contribution in [2.75, 3.05) is 17.7 Å². The summed E-state index contributed by atoms with van der Waals surface area (Å²) in [6.45, 7) is 3.92. The first-order valence-electron chi connectivity index (χ1n) is 9.06. The van der Waals surface area contributed by atoms with Crippen LogP contribution in [0.15, 0.2) is 36.5 Å². The number of benzene rings is 1. The number of carbonyl (C=O) groups excluding carboxylic acids is 2. The molecule has 0 saturated heterocycles. The van der Waals surface area contributed by atoms with Gasteiger partial charge in [0.05, 0.1) is 28.8 Å². The van der Waals surface area contributed by atoms with E-state index in [2.05, 4.69) is 21.5 Å². The monoisotopic (exact) mass is 396 g/mol. The highest BCUT2D eigenvalue weighted by molar-refractivity contribution is 8.00. The van der Waals surface area contributed by atoms with Crippen LogP contribution in [0.5, 0.6) is 0 Å². The molecule has 1 N–H and O–H groups in total. The molecule has 1 aromatic carbocycles. The van der Waals surface area contributed by atoms with Gasteiger partial charge in [-0.2, -0.15) is 5.10 Å². The Morgan fingerprint density at radius 3 is 3.07 bits per heavy atom. The van der Waals surface area contributed by atoms with Gasteiger partial charge in [-0.1, -0.05) is 12.1 Å². The fourth-order valence-corrected chi connectivity index (χ4v) is 4.59. The molecular formula is C20H20N4O3S. The smallest absolute Gasteiger partial charge is 0.327 e. The van der Waals surface area contributed by atoms with Gasteiger partial charge < -0.3 is 10.1 Å². The normalized spacial score (nSPS) is 16.4. The van der Waals surface area contributed by atoms with Crippen LogP contribution in [0.2, 0.25) is 0 Å². The first-order valence-corrected chi connectivity index (χ1v) is 10.1. The van der Waals surface area contributed by atoms with Gasteiger partial charge in [-0.15, -0.1) is 11.8 Å². The number of carbonyl (C=O) groups is 2. The van der Waals surface area contributed by atoms with Crippen LogP contribution in [-0.4, -0.2) is 39.0 Å². The summed E-state index contributed by atoms with van der Waals surface area (Å²) in [5, 5.41) is 8.39. The second kappa shape index (κ2) is 7.63. The molecular weight excluding hydrogens is 376 g/mol. The minimum absolute atomic E-state index is 0.0384. The van der Waals surface area contributed by atoms with Gasteiger partial charge in [0.1, 0.15) is 12.4 Å². The number of aromatic nitrogens is 3. The minimum Gasteiger partial charge on any atom is -0.465 e. The highest BCUT2D eigenvalue weighted by Gasteiger charge is 2.30. The summed E-state index contributed by atoms with van der Waals surface area (Å²) < 4.78 is 6.57. The molecule has 4 rings (SSSR count). The van der Waals surface area contributed by atoms with Crippen LogP contribution < -0.4 is 5.32 Å². The van der Waals surface area contributed by atoms with Crippen LogP contribution in [0.25, 0.3) is 10.9 Å². The number of aryl methyl sites for hydroxylation is 1. The Balaban J connectivity index is 1.79. The second-order valence-electron chi connectivity index (χ2n) is 6.51. The second-order valence-corrected chi connectivity index (χ2v) is 7.60. The van der Waals surface area contributed by atoms with E-state index in [4.69, 9.17) is 4.74 Å². The third-order valence-electron chi connectivity index (χ3n) is 4.59. The molecule has 0 saturated carbocycles. The maximum absolute atomic E-state index is 12.3. The van der Waals surface area contributed by atoms with E-state index in [1.54, 1.807) is 24.9 Å². The molecule has 1 unspecified atom stereocenters. The zero-order valence-electron chi connectivity index (χ0n) is 15.6. The van der Waals surface area contributed by atoms with Crippen molar-refractivity contribution in [1.82, 2.24) is 14.8 Å². The summed E-state index contributed by atoms with van der Waals surface area (Å²) in [5.41, 5.74) is 3.70. The van der Waals surface area contributed by atoms with Crippen molar-refractivity contribution in [3.8, 4) is 0 Å². The van der Waals surface area contributed by atoms with E-state index in [-0.39, 0.29) is 23.7 Å². The van der Waals surface area contributed by atoms with E-state index in [0.717, 1.165) is 27.7 Å². The number of anilines is 1. The lowest BCUT2D eigenvalue weighted by Crippen LogP contribution is -2.20. The molecule has 28 heavy (non-hydrogen) atoms. The van der Waals surface area contributed by atoms with Crippen molar-refractivity contribution in [2.24, 2.45) is 0 Å². The van der Waals surface area contributed by atoms with Gasteiger partial charge in [0.25, 0.3) is 0 Å². The average Bonchev–Trinajstić information content (AvgIpc) is 2.86. The van der Waals surface area contributed by atoms with Crippen LogP contribution in [-0.2, 0) is 20.9 Å². The number of nitrogens with one attached hydrogen (secondary N) is 1. The number of amides is 1. The fraction of sp³-hybridized carbons (Fsp3) is 0.300. The van der Waals surface area contributed by atoms with Gasteiger partial charge in [0, 0.05) is 17.1 Å². The molecule has 1 aliphatic rings. The Labute approximate surface area is 166 Å². The van der Waals surface area contributed by atoms with Crippen LogP contribution in [0.4, 0.5) is 5.82 Å². The zero-order chi connectivity index (χ0) is 19.7. The molecule has 8 heteroatoms. The number of nitrogens with zero attached hydrogens (tertiary/aromatic N) is 3. The third-order valence-corrected chi connectivity index (χ3v) is 5.86. The Morgan fingerprint density at radius 1 is 1.39 bits per heavy atom. The third kappa shape index (κ3) is 3.47. The largest absolute Gasteiger partial charge is 0.465 e. The molecule has 0 fully saturated rings. The average molecular weight is 396 g/mol. The Morgan fingerprint density at radius 2 is 2.25 bits per heavy atom. The molecule has 144 valence electrons. The summed E-state index contributed by atoms with van der Waals surface area (Å²) >= 11 is 1.55. The molecule has 1 amide bonds. The van der Waals surface area contributed by atoms with E-state index in [1.165, 1.54) is 4.68 Å². The molecule has 0 aliphatic carbocycles. The molecule has 0 radical (unpaired) electrons. The van der Waals surface area contributed by atoms with Gasteiger partial charge >= 0.3 is 5.97 Å². The SMILES string of the molecule is CCOC(=O)Cn1nc(C)c2c1NC(=O)CSC2c1ccc2ncccc2c1. The summed E-state index contributed by atoms with van der Waals surface area (Å²) in [4.78, 5) is 28.6. The van der Waals surface area contributed by atoms with Crippen molar-refractivity contribution in [3.63, 3.8) is 0 Å². The number of rotatable bonds is 4. The predicted octanol–water partition coefficient (Wildman–Crippen LogP) is 3.08. The van der Waals surface area contributed by atoms with E-state index in [9.17, 15) is 9.59 Å².